The van der Waals surface area contributed by atoms with Crippen molar-refractivity contribution in [3.05, 3.63) is 178 Å². The predicted octanol–water partition coefficient (Wildman–Crippen LogP) is 14.8. The van der Waals surface area contributed by atoms with Crippen molar-refractivity contribution in [2.45, 2.75) is 52.9 Å². The van der Waals surface area contributed by atoms with Crippen molar-refractivity contribution in [1.82, 2.24) is 0 Å². The molecule has 0 heterocycles. The summed E-state index contributed by atoms with van der Waals surface area (Å²) in [5.41, 5.74) is 20.0. The van der Waals surface area contributed by atoms with Crippen LogP contribution in [0.2, 0.25) is 4.13 Å². The van der Waals surface area contributed by atoms with Gasteiger partial charge in [0.15, 0.2) is 0 Å². The van der Waals surface area contributed by atoms with E-state index in [1.807, 2.05) is 0 Å². The second-order valence-electron chi connectivity index (χ2n) is 16.4. The van der Waals surface area contributed by atoms with Gasteiger partial charge in [-0.05, 0) is 0 Å². The number of hydrogen-bond acceptors (Lipinski definition) is 0. The zero-order chi connectivity index (χ0) is 37.3. The minimum Gasteiger partial charge on any atom is -0.147 e. The van der Waals surface area contributed by atoms with Gasteiger partial charge >= 0.3 is 330 Å². The summed E-state index contributed by atoms with van der Waals surface area (Å²) in [6.45, 7) is 16.8. The molecule has 0 bridgehead atoms. The predicted molar refractivity (Wildman–Crippen MR) is 249 cm³/mol. The van der Waals surface area contributed by atoms with Gasteiger partial charge in [-0.2, -0.15) is 0 Å². The Morgan fingerprint density at radius 1 is 0.536 bits per heavy atom. The van der Waals surface area contributed by atoms with Gasteiger partial charge in [0, 0.05) is 0 Å². The van der Waals surface area contributed by atoms with E-state index in [0.29, 0.717) is 13.2 Å². The zero-order valence-electron chi connectivity index (χ0n) is 33.3. The Morgan fingerprint density at radius 2 is 1.07 bits per heavy atom. The summed E-state index contributed by atoms with van der Waals surface area (Å²) in [7, 11) is 0. The normalized spacial score (nSPS) is 16.8. The van der Waals surface area contributed by atoms with Crippen LogP contribution < -0.4 is 0 Å². The minimum atomic E-state index is -3.24. The summed E-state index contributed by atoms with van der Waals surface area (Å²) in [4.78, 5) is 0. The summed E-state index contributed by atoms with van der Waals surface area (Å²) >= 11 is -3.24. The van der Waals surface area contributed by atoms with Crippen LogP contribution in [0.3, 0.4) is 0 Å². The fourth-order valence-electron chi connectivity index (χ4n) is 10.2. The van der Waals surface area contributed by atoms with E-state index in [9.17, 15) is 0 Å². The first kappa shape index (κ1) is 40.4. The first-order valence-corrected chi connectivity index (χ1v) is 30.3. The molecule has 56 heavy (non-hydrogen) atoms. The van der Waals surface area contributed by atoms with Crippen LogP contribution in [0, 0.1) is 19.8 Å². The molecule has 9 rings (SSSR count). The van der Waals surface area contributed by atoms with Gasteiger partial charge in [-0.3, -0.25) is 0 Å². The smallest absolute Gasteiger partial charge is 0.147 e. The topological polar surface area (TPSA) is 0 Å². The van der Waals surface area contributed by atoms with Crippen LogP contribution in [0.25, 0.3) is 67.1 Å². The summed E-state index contributed by atoms with van der Waals surface area (Å²) in [6.07, 6.45) is 5.23. The average Bonchev–Trinajstić information content (AvgIpc) is 3.75. The second kappa shape index (κ2) is 15.9. The van der Waals surface area contributed by atoms with Crippen LogP contribution in [-0.2, 0) is 18.9 Å². The molecule has 0 N–H and O–H groups in total. The number of fused-ring (bicyclic) bond motifs is 4. The minimum absolute atomic E-state index is 0. The molecule has 0 saturated heterocycles. The Kier molecular flexibility index (Phi) is 11.5. The van der Waals surface area contributed by atoms with Crippen molar-refractivity contribution in [2.24, 2.45) is 5.92 Å². The van der Waals surface area contributed by atoms with E-state index >= 15 is 0 Å². The molecule has 4 heteroatoms. The monoisotopic (exact) mass is 863 g/mol. The molecule has 281 valence electrons. The van der Waals surface area contributed by atoms with E-state index in [0.717, 1.165) is 0 Å². The summed E-state index contributed by atoms with van der Waals surface area (Å²) < 4.78 is 2.28. The molecule has 0 radical (unpaired) electrons. The van der Waals surface area contributed by atoms with Crippen LogP contribution in [0.4, 0.5) is 0 Å². The molecule has 0 aromatic heterocycles. The summed E-state index contributed by atoms with van der Waals surface area (Å²) in [5.74, 6) is 0.486. The quantitative estimate of drug-likeness (QED) is 0.140. The Hall–Kier alpha value is -3.78. The molecule has 0 saturated carbocycles. The molecule has 0 aliphatic heterocycles. The van der Waals surface area contributed by atoms with Crippen LogP contribution in [0.1, 0.15) is 68.3 Å². The maximum Gasteiger partial charge on any atom is -0.147 e. The van der Waals surface area contributed by atoms with E-state index in [2.05, 4.69) is 194 Å². The van der Waals surface area contributed by atoms with E-state index < -0.39 is 18.9 Å². The second-order valence-corrected chi connectivity index (χ2v) is 34.8. The van der Waals surface area contributed by atoms with Crippen LogP contribution >= 0.6 is 24.8 Å². The molecular formula is C52H51Cl2SiZr. The van der Waals surface area contributed by atoms with Gasteiger partial charge < -0.3 is 0 Å². The Bertz CT molecular complexity index is 2740. The Labute approximate surface area is 351 Å². The van der Waals surface area contributed by atoms with Gasteiger partial charge in [0.1, 0.15) is 0 Å². The van der Waals surface area contributed by atoms with Gasteiger partial charge in [0.25, 0.3) is 0 Å². The summed E-state index contributed by atoms with van der Waals surface area (Å²) in [5, 5.41) is 5.23. The number of allylic oxidation sites excluding steroid dienone is 2. The fourth-order valence-corrected chi connectivity index (χ4v) is 28.3. The molecule has 2 aliphatic rings. The van der Waals surface area contributed by atoms with Crippen molar-refractivity contribution in [3.8, 4) is 33.4 Å². The largest absolute Gasteiger partial charge is 0.147 e. The molecule has 0 nitrogen and oxygen atoms in total. The van der Waals surface area contributed by atoms with Crippen molar-refractivity contribution in [3.63, 3.8) is 0 Å². The third-order valence-electron chi connectivity index (χ3n) is 12.6. The number of hydrogen-bond donors (Lipinski definition) is 0. The zero-order valence-corrected chi connectivity index (χ0v) is 38.8. The number of aryl methyl sites for hydroxylation is 2. The number of halogens is 2. The van der Waals surface area contributed by atoms with Gasteiger partial charge in [-0.25, -0.2) is 0 Å². The molecule has 0 spiro atoms. The average molecular weight is 866 g/mol. The van der Waals surface area contributed by atoms with Crippen LogP contribution in [0.15, 0.2) is 145 Å². The molecule has 3 unspecified atom stereocenters. The van der Waals surface area contributed by atoms with E-state index in [1.165, 1.54) is 81.3 Å². The maximum atomic E-state index is 2.63. The van der Waals surface area contributed by atoms with E-state index in [1.54, 1.807) is 22.3 Å². The van der Waals surface area contributed by atoms with Crippen LogP contribution in [0.5, 0.6) is 0 Å². The summed E-state index contributed by atoms with van der Waals surface area (Å²) in [6, 6.07) is 50.9. The van der Waals surface area contributed by atoms with Gasteiger partial charge in [0.2, 0.25) is 0 Å². The SMILES string of the molecule is C[CH2][Zr](=[SiH2])([CH]1C(C(C)C)=Cc2c(-c3cc(C)cc(C)c3)cccc21)[CH]1C(C)=Cc2c(-c3cccc4ccccc34)cc(-c3cccc4ccccc34)cc21.Cl.Cl. The first-order chi connectivity index (χ1) is 26.2. The van der Waals surface area contributed by atoms with Crippen molar-refractivity contribution < 1.29 is 18.9 Å². The first-order valence-electron chi connectivity index (χ1n) is 19.8. The van der Waals surface area contributed by atoms with Crippen molar-refractivity contribution >= 4 is 65.4 Å². The third kappa shape index (κ3) is 6.65. The molecule has 3 atom stereocenters. The van der Waals surface area contributed by atoms with Gasteiger partial charge in [0.05, 0.1) is 0 Å². The Morgan fingerprint density at radius 3 is 1.71 bits per heavy atom. The number of benzene rings is 7. The maximum absolute atomic E-state index is 3.24. The standard InChI is InChI=1S/C30H21.C20H21.C2H5.2ClH.H2Si.Zr/c1-20-16-23-18-24(27-14-6-10-21-8-2-4-12-25(21)27)19-30(29(23)17-20)28-15-7-11-22-9-3-5-13-26(22)28;1-13(2)17-11-16-6-5-7-19(20(16)12-17)18-9-14(3)8-15(4)10-18;1-2;;;;/h2-19H,1H3;5-13H,1-4H3;1H2,2H3;2*1H;1H2;. The Balaban J connectivity index is 0.00000240. The van der Waals surface area contributed by atoms with Gasteiger partial charge in [-0.1, -0.05) is 0 Å². The van der Waals surface area contributed by atoms with Crippen molar-refractivity contribution in [2.75, 3.05) is 0 Å². The molecular weight excluding hydrogens is 815 g/mol. The third-order valence-corrected chi connectivity index (χ3v) is 32.8. The van der Waals surface area contributed by atoms with Crippen LogP contribution in [-0.4, -0.2) is 6.88 Å². The molecule has 0 fully saturated rings. The molecule has 0 amide bonds. The van der Waals surface area contributed by atoms with Crippen molar-refractivity contribution in [1.29, 1.82) is 0 Å². The van der Waals surface area contributed by atoms with Gasteiger partial charge in [-0.15, -0.1) is 24.8 Å². The molecule has 2 aliphatic carbocycles. The fraction of sp³-hybridized carbons (Fsp3) is 0.192. The van der Waals surface area contributed by atoms with E-state index in [-0.39, 0.29) is 24.8 Å². The number of rotatable bonds is 7. The molecule has 7 aromatic carbocycles. The molecule has 7 aromatic rings. The van der Waals surface area contributed by atoms with E-state index in [4.69, 9.17) is 0 Å².